The molecule has 0 heterocycles. The van der Waals surface area contributed by atoms with Crippen molar-refractivity contribution in [2.24, 2.45) is 10.9 Å². The third-order valence-corrected chi connectivity index (χ3v) is 2.03. The number of hydrogen-bond donors (Lipinski definition) is 0. The standard InChI is InChI=1S/C10H19N/c1-8(2)4-5-9(3)11-10-6-7-10/h8,10H,4-7H2,1-3H3. The fourth-order valence-electron chi connectivity index (χ4n) is 1.08. The summed E-state index contributed by atoms with van der Waals surface area (Å²) in [6, 6.07) is 0.710. The molecule has 0 amide bonds. The van der Waals surface area contributed by atoms with E-state index in [1.165, 1.54) is 31.4 Å². The molecular formula is C10H19N. The van der Waals surface area contributed by atoms with Crippen LogP contribution in [0.25, 0.3) is 0 Å². The van der Waals surface area contributed by atoms with Gasteiger partial charge in [-0.15, -0.1) is 0 Å². The zero-order chi connectivity index (χ0) is 8.27. The minimum absolute atomic E-state index is 0.710. The van der Waals surface area contributed by atoms with Gasteiger partial charge >= 0.3 is 0 Å². The molecule has 0 saturated heterocycles. The highest BCUT2D eigenvalue weighted by Crippen LogP contribution is 2.24. The lowest BCUT2D eigenvalue weighted by Gasteiger charge is -2.03. The van der Waals surface area contributed by atoms with Crippen molar-refractivity contribution in [1.29, 1.82) is 0 Å². The van der Waals surface area contributed by atoms with E-state index in [0.29, 0.717) is 6.04 Å². The summed E-state index contributed by atoms with van der Waals surface area (Å²) in [7, 11) is 0. The Bertz CT molecular complexity index is 143. The van der Waals surface area contributed by atoms with Crippen LogP contribution >= 0.6 is 0 Å². The number of nitrogens with zero attached hydrogens (tertiary/aromatic N) is 1. The molecule has 64 valence electrons. The first-order valence-electron chi connectivity index (χ1n) is 4.71. The number of aliphatic imine (C=N–C) groups is 1. The van der Waals surface area contributed by atoms with Crippen LogP contribution in [0.3, 0.4) is 0 Å². The van der Waals surface area contributed by atoms with E-state index in [2.05, 4.69) is 25.8 Å². The second-order valence-corrected chi connectivity index (χ2v) is 4.03. The molecule has 1 heteroatoms. The number of hydrogen-bond acceptors (Lipinski definition) is 1. The maximum Gasteiger partial charge on any atom is 0.0500 e. The molecule has 1 aliphatic rings. The molecule has 0 unspecified atom stereocenters. The molecule has 0 aliphatic heterocycles. The summed E-state index contributed by atoms with van der Waals surface area (Å²) in [4.78, 5) is 4.58. The van der Waals surface area contributed by atoms with Crippen molar-refractivity contribution in [3.05, 3.63) is 0 Å². The second-order valence-electron chi connectivity index (χ2n) is 4.03. The van der Waals surface area contributed by atoms with Gasteiger partial charge in [0.15, 0.2) is 0 Å². The first kappa shape index (κ1) is 8.76. The lowest BCUT2D eigenvalue weighted by atomic mass is 10.1. The molecule has 1 aliphatic carbocycles. The van der Waals surface area contributed by atoms with Crippen molar-refractivity contribution in [3.63, 3.8) is 0 Å². The summed E-state index contributed by atoms with van der Waals surface area (Å²) in [5.41, 5.74) is 1.36. The SMILES string of the molecule is CC(CCC(C)C)=NC1CC1. The van der Waals surface area contributed by atoms with Crippen LogP contribution in [0.15, 0.2) is 4.99 Å². The largest absolute Gasteiger partial charge is 0.291 e. The summed E-state index contributed by atoms with van der Waals surface area (Å²) in [5, 5.41) is 0. The Morgan fingerprint density at radius 1 is 1.45 bits per heavy atom. The molecule has 0 radical (unpaired) electrons. The minimum Gasteiger partial charge on any atom is -0.291 e. The van der Waals surface area contributed by atoms with Gasteiger partial charge in [0.05, 0.1) is 0 Å². The van der Waals surface area contributed by atoms with E-state index in [1.807, 2.05) is 0 Å². The van der Waals surface area contributed by atoms with E-state index in [9.17, 15) is 0 Å². The molecule has 0 spiro atoms. The first-order chi connectivity index (χ1) is 5.18. The normalized spacial score (nSPS) is 19.5. The molecule has 0 atom stereocenters. The predicted molar refractivity (Wildman–Crippen MR) is 50.2 cm³/mol. The Morgan fingerprint density at radius 2 is 2.09 bits per heavy atom. The van der Waals surface area contributed by atoms with E-state index in [1.54, 1.807) is 0 Å². The second kappa shape index (κ2) is 3.89. The van der Waals surface area contributed by atoms with E-state index in [-0.39, 0.29) is 0 Å². The Hall–Kier alpha value is -0.330. The highest BCUT2D eigenvalue weighted by Gasteiger charge is 2.19. The van der Waals surface area contributed by atoms with Crippen molar-refractivity contribution >= 4 is 5.71 Å². The molecule has 0 aromatic rings. The van der Waals surface area contributed by atoms with Gasteiger partial charge in [-0.2, -0.15) is 0 Å². The molecule has 0 aromatic heterocycles. The molecule has 1 saturated carbocycles. The summed E-state index contributed by atoms with van der Waals surface area (Å²) in [5.74, 6) is 0.819. The smallest absolute Gasteiger partial charge is 0.0500 e. The Kier molecular flexibility index (Phi) is 3.10. The zero-order valence-corrected chi connectivity index (χ0v) is 7.93. The number of rotatable bonds is 4. The van der Waals surface area contributed by atoms with Gasteiger partial charge in [-0.25, -0.2) is 0 Å². The van der Waals surface area contributed by atoms with E-state index in [4.69, 9.17) is 0 Å². The topological polar surface area (TPSA) is 12.4 Å². The van der Waals surface area contributed by atoms with Crippen molar-refractivity contribution in [3.8, 4) is 0 Å². The molecule has 0 N–H and O–H groups in total. The van der Waals surface area contributed by atoms with E-state index >= 15 is 0 Å². The Balaban J connectivity index is 2.13. The average Bonchev–Trinajstić information content (AvgIpc) is 2.67. The monoisotopic (exact) mass is 153 g/mol. The maximum absolute atomic E-state index is 4.58. The van der Waals surface area contributed by atoms with Crippen LogP contribution in [0.4, 0.5) is 0 Å². The predicted octanol–water partition coefficient (Wildman–Crippen LogP) is 3.05. The van der Waals surface area contributed by atoms with Crippen molar-refractivity contribution in [2.75, 3.05) is 0 Å². The zero-order valence-electron chi connectivity index (χ0n) is 7.93. The van der Waals surface area contributed by atoms with Gasteiger partial charge in [-0.3, -0.25) is 4.99 Å². The van der Waals surface area contributed by atoms with E-state index in [0.717, 1.165) is 5.92 Å². The minimum atomic E-state index is 0.710. The molecule has 0 bridgehead atoms. The molecule has 0 aromatic carbocycles. The summed E-state index contributed by atoms with van der Waals surface area (Å²) in [6.45, 7) is 6.70. The van der Waals surface area contributed by atoms with Crippen LogP contribution in [-0.2, 0) is 0 Å². The summed E-state index contributed by atoms with van der Waals surface area (Å²) >= 11 is 0. The van der Waals surface area contributed by atoms with Gasteiger partial charge < -0.3 is 0 Å². The fraction of sp³-hybridized carbons (Fsp3) is 0.900. The first-order valence-corrected chi connectivity index (χ1v) is 4.71. The van der Waals surface area contributed by atoms with Gasteiger partial charge in [0.2, 0.25) is 0 Å². The van der Waals surface area contributed by atoms with Gasteiger partial charge in [-0.05, 0) is 38.5 Å². The highest BCUT2D eigenvalue weighted by molar-refractivity contribution is 5.82. The average molecular weight is 153 g/mol. The maximum atomic E-state index is 4.58. The summed E-state index contributed by atoms with van der Waals surface area (Å²) in [6.07, 6.45) is 5.16. The van der Waals surface area contributed by atoms with Crippen molar-refractivity contribution in [2.45, 2.75) is 52.5 Å². The third-order valence-electron chi connectivity index (χ3n) is 2.03. The third kappa shape index (κ3) is 4.18. The quantitative estimate of drug-likeness (QED) is 0.550. The molecule has 11 heavy (non-hydrogen) atoms. The fourth-order valence-corrected chi connectivity index (χ4v) is 1.08. The van der Waals surface area contributed by atoms with Crippen LogP contribution in [0.2, 0.25) is 0 Å². The van der Waals surface area contributed by atoms with Gasteiger partial charge in [-0.1, -0.05) is 13.8 Å². The molecule has 1 fully saturated rings. The van der Waals surface area contributed by atoms with Crippen LogP contribution in [0.5, 0.6) is 0 Å². The Labute approximate surface area is 69.9 Å². The van der Waals surface area contributed by atoms with Crippen molar-refractivity contribution in [1.82, 2.24) is 0 Å². The molecule has 1 rings (SSSR count). The lowest BCUT2D eigenvalue weighted by Crippen LogP contribution is -1.97. The van der Waals surface area contributed by atoms with Crippen LogP contribution in [0, 0.1) is 5.92 Å². The van der Waals surface area contributed by atoms with Crippen LogP contribution in [-0.4, -0.2) is 11.8 Å². The van der Waals surface area contributed by atoms with E-state index < -0.39 is 0 Å². The molecule has 1 nitrogen and oxygen atoms in total. The summed E-state index contributed by atoms with van der Waals surface area (Å²) < 4.78 is 0. The Morgan fingerprint density at radius 3 is 2.55 bits per heavy atom. The van der Waals surface area contributed by atoms with Gasteiger partial charge in [0.25, 0.3) is 0 Å². The molecular weight excluding hydrogens is 134 g/mol. The van der Waals surface area contributed by atoms with Gasteiger partial charge in [0, 0.05) is 11.8 Å². The van der Waals surface area contributed by atoms with Crippen LogP contribution in [0.1, 0.15) is 46.5 Å². The van der Waals surface area contributed by atoms with Gasteiger partial charge in [0.1, 0.15) is 0 Å². The highest BCUT2D eigenvalue weighted by atomic mass is 14.8. The lowest BCUT2D eigenvalue weighted by molar-refractivity contribution is 0.602. The van der Waals surface area contributed by atoms with Crippen molar-refractivity contribution < 1.29 is 0 Å². The van der Waals surface area contributed by atoms with Crippen LogP contribution < -0.4 is 0 Å².